The lowest BCUT2D eigenvalue weighted by atomic mass is 10.2. The minimum absolute atomic E-state index is 0.0281. The summed E-state index contributed by atoms with van der Waals surface area (Å²) in [6.45, 7) is 1.49. The van der Waals surface area contributed by atoms with Crippen molar-refractivity contribution in [1.29, 1.82) is 0 Å². The maximum absolute atomic E-state index is 11.7. The van der Waals surface area contributed by atoms with Crippen molar-refractivity contribution in [3.05, 3.63) is 29.8 Å². The summed E-state index contributed by atoms with van der Waals surface area (Å²) < 4.78 is 16.4. The zero-order valence-corrected chi connectivity index (χ0v) is 13.5. The Morgan fingerprint density at radius 1 is 1.22 bits per heavy atom. The first-order valence-electron chi connectivity index (χ1n) is 8.28. The lowest BCUT2D eigenvalue weighted by molar-refractivity contribution is -0.162. The number of terminal acetylenes is 1. The van der Waals surface area contributed by atoms with Gasteiger partial charge in [-0.05, 0) is 56.4 Å². The largest absolute Gasteiger partial charge is 0.427 e. The van der Waals surface area contributed by atoms with Gasteiger partial charge < -0.3 is 14.2 Å². The quantitative estimate of drug-likeness (QED) is 0.318. The Hall–Kier alpha value is -1.83. The lowest BCUT2D eigenvalue weighted by Gasteiger charge is -2.22. The average molecular weight is 316 g/mol. The Labute approximate surface area is 138 Å². The topological polar surface area (TPSA) is 44.8 Å². The molecular formula is C19H24O4. The van der Waals surface area contributed by atoms with Gasteiger partial charge in [0.15, 0.2) is 6.29 Å². The molecule has 0 N–H and O–H groups in total. The van der Waals surface area contributed by atoms with Gasteiger partial charge in [0.05, 0.1) is 0 Å². The molecule has 0 amide bonds. The summed E-state index contributed by atoms with van der Waals surface area (Å²) in [5.74, 6) is 2.84. The molecule has 1 aromatic rings. The van der Waals surface area contributed by atoms with Crippen molar-refractivity contribution >= 4 is 5.97 Å². The molecule has 1 unspecified atom stereocenters. The lowest BCUT2D eigenvalue weighted by Crippen LogP contribution is -2.22. The third-order valence-corrected chi connectivity index (χ3v) is 3.72. The van der Waals surface area contributed by atoms with Crippen molar-refractivity contribution in [2.24, 2.45) is 0 Å². The van der Waals surface area contributed by atoms with E-state index < -0.39 is 0 Å². The molecule has 1 aromatic carbocycles. The van der Waals surface area contributed by atoms with Crippen LogP contribution in [0.3, 0.4) is 0 Å². The number of hydrogen-bond donors (Lipinski definition) is 0. The second-order valence-corrected chi connectivity index (χ2v) is 5.62. The van der Waals surface area contributed by atoms with E-state index in [4.69, 9.17) is 20.6 Å². The molecule has 2 rings (SSSR count). The van der Waals surface area contributed by atoms with Crippen molar-refractivity contribution in [3.63, 3.8) is 0 Å². The van der Waals surface area contributed by atoms with Crippen molar-refractivity contribution in [2.75, 3.05) is 13.2 Å². The van der Waals surface area contributed by atoms with Gasteiger partial charge in [0.1, 0.15) is 5.75 Å². The zero-order valence-electron chi connectivity index (χ0n) is 13.5. The number of hydrogen-bond acceptors (Lipinski definition) is 4. The van der Waals surface area contributed by atoms with Crippen LogP contribution in [0.5, 0.6) is 5.75 Å². The molecular weight excluding hydrogens is 292 g/mol. The summed E-state index contributed by atoms with van der Waals surface area (Å²) in [5.41, 5.74) is 0.770. The molecule has 0 aliphatic carbocycles. The Morgan fingerprint density at radius 2 is 2.04 bits per heavy atom. The third kappa shape index (κ3) is 6.85. The molecule has 0 radical (unpaired) electrons. The maximum atomic E-state index is 11.7. The highest BCUT2D eigenvalue weighted by atomic mass is 16.7. The highest BCUT2D eigenvalue weighted by molar-refractivity contribution is 5.72. The van der Waals surface area contributed by atoms with Crippen LogP contribution in [0, 0.1) is 12.3 Å². The van der Waals surface area contributed by atoms with E-state index in [-0.39, 0.29) is 12.3 Å². The predicted molar refractivity (Wildman–Crippen MR) is 88.0 cm³/mol. The molecule has 1 aliphatic heterocycles. The van der Waals surface area contributed by atoms with Gasteiger partial charge in [0.25, 0.3) is 0 Å². The second kappa shape index (κ2) is 10.0. The van der Waals surface area contributed by atoms with E-state index in [9.17, 15) is 4.79 Å². The van der Waals surface area contributed by atoms with Crippen LogP contribution >= 0.6 is 0 Å². The second-order valence-electron chi connectivity index (χ2n) is 5.62. The Morgan fingerprint density at radius 3 is 2.74 bits per heavy atom. The molecule has 0 saturated carbocycles. The molecule has 0 bridgehead atoms. The smallest absolute Gasteiger partial charge is 0.311 e. The Bertz CT molecular complexity index is 509. The SMILES string of the molecule is C#Cc1ccc(OC(=O)CCCCCOC2CCCCO2)cc1. The third-order valence-electron chi connectivity index (χ3n) is 3.72. The van der Waals surface area contributed by atoms with Gasteiger partial charge in [0.2, 0.25) is 0 Å². The zero-order chi connectivity index (χ0) is 16.3. The molecule has 0 aromatic heterocycles. The van der Waals surface area contributed by atoms with E-state index in [1.165, 1.54) is 6.42 Å². The van der Waals surface area contributed by atoms with Crippen LogP contribution in [0.15, 0.2) is 24.3 Å². The summed E-state index contributed by atoms with van der Waals surface area (Å²) in [6.07, 6.45) is 11.6. The van der Waals surface area contributed by atoms with Gasteiger partial charge in [-0.3, -0.25) is 4.79 Å². The first kappa shape index (κ1) is 17.5. The van der Waals surface area contributed by atoms with Crippen LogP contribution in [0.25, 0.3) is 0 Å². The van der Waals surface area contributed by atoms with E-state index >= 15 is 0 Å². The van der Waals surface area contributed by atoms with Gasteiger partial charge in [-0.2, -0.15) is 0 Å². The van der Waals surface area contributed by atoms with Crippen LogP contribution in [-0.4, -0.2) is 25.5 Å². The van der Waals surface area contributed by atoms with Crippen LogP contribution in [-0.2, 0) is 14.3 Å². The van der Waals surface area contributed by atoms with Crippen LogP contribution in [0.2, 0.25) is 0 Å². The average Bonchev–Trinajstić information content (AvgIpc) is 2.59. The standard InChI is InChI=1S/C19H24O4/c1-2-16-10-12-17(13-11-16)23-18(20)8-4-3-6-14-21-19-9-5-7-15-22-19/h1,10-13,19H,3-9,14-15H2. The van der Waals surface area contributed by atoms with Crippen LogP contribution in [0.1, 0.15) is 50.5 Å². The molecule has 4 heteroatoms. The van der Waals surface area contributed by atoms with Gasteiger partial charge >= 0.3 is 5.97 Å². The predicted octanol–water partition coefficient (Wildman–Crippen LogP) is 3.68. The van der Waals surface area contributed by atoms with E-state index in [1.807, 2.05) is 0 Å². The van der Waals surface area contributed by atoms with Crippen molar-refractivity contribution in [3.8, 4) is 18.1 Å². The number of carbonyl (C=O) groups is 1. The number of ether oxygens (including phenoxy) is 3. The minimum Gasteiger partial charge on any atom is -0.427 e. The highest BCUT2D eigenvalue weighted by Crippen LogP contribution is 2.15. The summed E-state index contributed by atoms with van der Waals surface area (Å²) in [5, 5.41) is 0. The van der Waals surface area contributed by atoms with Crippen molar-refractivity contribution in [1.82, 2.24) is 0 Å². The van der Waals surface area contributed by atoms with Gasteiger partial charge in [0, 0.05) is 25.2 Å². The first-order valence-corrected chi connectivity index (χ1v) is 8.28. The molecule has 124 valence electrons. The number of rotatable bonds is 8. The van der Waals surface area contributed by atoms with Gasteiger partial charge in [-0.15, -0.1) is 6.42 Å². The van der Waals surface area contributed by atoms with E-state index in [0.29, 0.717) is 18.8 Å². The normalized spacial score (nSPS) is 17.4. The summed E-state index contributed by atoms with van der Waals surface area (Å²) >= 11 is 0. The first-order chi connectivity index (χ1) is 11.3. The maximum Gasteiger partial charge on any atom is 0.311 e. The van der Waals surface area contributed by atoms with Crippen LogP contribution < -0.4 is 4.74 Å². The number of unbranched alkanes of at least 4 members (excludes halogenated alkanes) is 2. The number of carbonyl (C=O) groups excluding carboxylic acids is 1. The van der Waals surface area contributed by atoms with E-state index in [2.05, 4.69) is 5.92 Å². The van der Waals surface area contributed by atoms with E-state index in [0.717, 1.165) is 44.3 Å². The summed E-state index contributed by atoms with van der Waals surface area (Å²) in [6, 6.07) is 6.94. The summed E-state index contributed by atoms with van der Waals surface area (Å²) in [7, 11) is 0. The molecule has 1 aliphatic rings. The molecule has 1 heterocycles. The highest BCUT2D eigenvalue weighted by Gasteiger charge is 2.13. The molecule has 23 heavy (non-hydrogen) atoms. The van der Waals surface area contributed by atoms with E-state index in [1.54, 1.807) is 24.3 Å². The fourth-order valence-corrected chi connectivity index (χ4v) is 2.41. The molecule has 1 saturated heterocycles. The fourth-order valence-electron chi connectivity index (χ4n) is 2.41. The fraction of sp³-hybridized carbons (Fsp3) is 0.526. The Kier molecular flexibility index (Phi) is 7.65. The van der Waals surface area contributed by atoms with Crippen molar-refractivity contribution in [2.45, 2.75) is 51.2 Å². The molecule has 1 atom stereocenters. The van der Waals surface area contributed by atoms with Gasteiger partial charge in [-0.25, -0.2) is 0 Å². The van der Waals surface area contributed by atoms with Crippen LogP contribution in [0.4, 0.5) is 0 Å². The molecule has 1 fully saturated rings. The molecule has 0 spiro atoms. The Balaban J connectivity index is 1.51. The van der Waals surface area contributed by atoms with Gasteiger partial charge in [-0.1, -0.05) is 12.3 Å². The summed E-state index contributed by atoms with van der Waals surface area (Å²) in [4.78, 5) is 11.7. The molecule has 4 nitrogen and oxygen atoms in total. The number of esters is 1. The van der Waals surface area contributed by atoms with Crippen molar-refractivity contribution < 1.29 is 19.0 Å². The minimum atomic E-state index is -0.213. The number of benzene rings is 1. The monoisotopic (exact) mass is 316 g/mol.